The van der Waals surface area contributed by atoms with Gasteiger partial charge in [0.25, 0.3) is 0 Å². The van der Waals surface area contributed by atoms with E-state index in [0.29, 0.717) is 6.04 Å². The van der Waals surface area contributed by atoms with Crippen LogP contribution in [0.3, 0.4) is 0 Å². The summed E-state index contributed by atoms with van der Waals surface area (Å²) in [5, 5.41) is 7.89. The summed E-state index contributed by atoms with van der Waals surface area (Å²) in [4.78, 5) is 8.93. The number of nitrogens with two attached hydrogens (primary N) is 1. The summed E-state index contributed by atoms with van der Waals surface area (Å²) in [7, 11) is 0. The van der Waals surface area contributed by atoms with Gasteiger partial charge in [-0.25, -0.2) is 9.97 Å². The quantitative estimate of drug-likeness (QED) is 0.494. The van der Waals surface area contributed by atoms with Crippen molar-refractivity contribution in [1.29, 1.82) is 0 Å². The molecule has 26 heavy (non-hydrogen) atoms. The van der Waals surface area contributed by atoms with Crippen LogP contribution in [0.1, 0.15) is 24.0 Å². The summed E-state index contributed by atoms with van der Waals surface area (Å²) in [6.45, 7) is 0. The molecule has 0 radical (unpaired) electrons. The van der Waals surface area contributed by atoms with Gasteiger partial charge in [0.15, 0.2) is 0 Å². The second kappa shape index (κ2) is 6.11. The molecule has 1 saturated carbocycles. The van der Waals surface area contributed by atoms with Crippen molar-refractivity contribution in [2.24, 2.45) is 0 Å². The van der Waals surface area contributed by atoms with E-state index in [9.17, 15) is 0 Å². The largest absolute Gasteiger partial charge is 0.398 e. The Bertz CT molecular complexity index is 1140. The Balaban J connectivity index is 1.55. The fourth-order valence-electron chi connectivity index (χ4n) is 3.18. The first kappa shape index (κ1) is 15.3. The Kier molecular flexibility index (Phi) is 3.60. The van der Waals surface area contributed by atoms with Gasteiger partial charge < -0.3 is 11.1 Å². The zero-order valence-corrected chi connectivity index (χ0v) is 15.0. The molecule has 2 aromatic heterocycles. The lowest BCUT2D eigenvalue weighted by Crippen LogP contribution is -2.03. The molecule has 1 fully saturated rings. The maximum absolute atomic E-state index is 6.11. The van der Waals surface area contributed by atoms with Crippen LogP contribution >= 0.6 is 11.3 Å². The summed E-state index contributed by atoms with van der Waals surface area (Å²) >= 11 is 1.69. The van der Waals surface area contributed by atoms with Crippen LogP contribution in [-0.2, 0) is 0 Å². The first-order valence-electron chi connectivity index (χ1n) is 8.73. The SMILES string of the molecule is Nc1ccc(C=Cc2csc3c(NC4CC4)ncnc23)c2ccccc12. The molecule has 3 N–H and O–H groups in total. The molecule has 0 spiro atoms. The molecule has 0 amide bonds. The third kappa shape index (κ3) is 2.70. The molecule has 2 heterocycles. The van der Waals surface area contributed by atoms with E-state index in [1.54, 1.807) is 17.7 Å². The molecule has 0 saturated heterocycles. The standard InChI is InChI=1S/C21H18N4S/c22-18-10-7-13(16-3-1-2-4-17(16)18)5-6-14-11-26-20-19(14)23-12-24-21(20)25-15-8-9-15/h1-7,10-12,15H,8-9,22H2,(H,23,24,25). The third-order valence-electron chi connectivity index (χ3n) is 4.73. The van der Waals surface area contributed by atoms with Crippen molar-refractivity contribution in [2.75, 3.05) is 11.1 Å². The molecule has 5 rings (SSSR count). The lowest BCUT2D eigenvalue weighted by atomic mass is 10.0. The van der Waals surface area contributed by atoms with Crippen molar-refractivity contribution in [2.45, 2.75) is 18.9 Å². The first-order chi connectivity index (χ1) is 12.8. The summed E-state index contributed by atoms with van der Waals surface area (Å²) in [5.41, 5.74) is 10.2. The van der Waals surface area contributed by atoms with Gasteiger partial charge in [-0.1, -0.05) is 42.5 Å². The van der Waals surface area contributed by atoms with Gasteiger partial charge in [0.1, 0.15) is 12.1 Å². The van der Waals surface area contributed by atoms with Crippen LogP contribution in [0.25, 0.3) is 33.1 Å². The third-order valence-corrected chi connectivity index (χ3v) is 5.73. The van der Waals surface area contributed by atoms with Crippen molar-refractivity contribution in [3.05, 3.63) is 59.2 Å². The number of benzene rings is 2. The molecule has 0 unspecified atom stereocenters. The molecule has 1 aliphatic carbocycles. The maximum atomic E-state index is 6.11. The van der Waals surface area contributed by atoms with Crippen molar-refractivity contribution < 1.29 is 0 Å². The summed E-state index contributed by atoms with van der Waals surface area (Å²) in [6, 6.07) is 12.8. The van der Waals surface area contributed by atoms with Crippen LogP contribution in [0.2, 0.25) is 0 Å². The van der Waals surface area contributed by atoms with E-state index in [4.69, 9.17) is 5.73 Å². The Morgan fingerprint density at radius 2 is 1.81 bits per heavy atom. The van der Waals surface area contributed by atoms with E-state index in [1.807, 2.05) is 18.2 Å². The number of fused-ring (bicyclic) bond motifs is 2. The van der Waals surface area contributed by atoms with Gasteiger partial charge in [-0.2, -0.15) is 0 Å². The fourth-order valence-corrected chi connectivity index (χ4v) is 4.12. The van der Waals surface area contributed by atoms with E-state index in [0.717, 1.165) is 43.6 Å². The number of thiophene rings is 1. The number of hydrogen-bond donors (Lipinski definition) is 2. The highest BCUT2D eigenvalue weighted by molar-refractivity contribution is 7.18. The minimum absolute atomic E-state index is 0.579. The van der Waals surface area contributed by atoms with Crippen molar-refractivity contribution in [1.82, 2.24) is 9.97 Å². The normalized spacial score (nSPS) is 14.5. The molecule has 0 atom stereocenters. The Labute approximate surface area is 155 Å². The van der Waals surface area contributed by atoms with Gasteiger partial charge in [0.05, 0.1) is 10.2 Å². The number of hydrogen-bond acceptors (Lipinski definition) is 5. The highest BCUT2D eigenvalue weighted by Gasteiger charge is 2.22. The topological polar surface area (TPSA) is 63.8 Å². The summed E-state index contributed by atoms with van der Waals surface area (Å²) < 4.78 is 1.13. The molecule has 1 aliphatic rings. The highest BCUT2D eigenvalue weighted by atomic mass is 32.1. The predicted molar refractivity (Wildman–Crippen MR) is 111 cm³/mol. The van der Waals surface area contributed by atoms with Crippen molar-refractivity contribution in [3.63, 3.8) is 0 Å². The number of rotatable bonds is 4. The van der Waals surface area contributed by atoms with Gasteiger partial charge in [-0.3, -0.25) is 0 Å². The molecule has 4 nitrogen and oxygen atoms in total. The number of nitrogens with zero attached hydrogens (tertiary/aromatic N) is 2. The van der Waals surface area contributed by atoms with Crippen LogP contribution in [0.15, 0.2) is 48.1 Å². The monoisotopic (exact) mass is 358 g/mol. The average Bonchev–Trinajstić information content (AvgIpc) is 3.39. The van der Waals surface area contributed by atoms with E-state index < -0.39 is 0 Å². The van der Waals surface area contributed by atoms with Crippen LogP contribution in [0.4, 0.5) is 11.5 Å². The van der Waals surface area contributed by atoms with E-state index in [2.05, 4.69) is 51.0 Å². The second-order valence-corrected chi connectivity index (χ2v) is 7.51. The van der Waals surface area contributed by atoms with Crippen LogP contribution in [-0.4, -0.2) is 16.0 Å². The minimum atomic E-state index is 0.579. The second-order valence-electron chi connectivity index (χ2n) is 6.63. The highest BCUT2D eigenvalue weighted by Crippen LogP contribution is 2.34. The van der Waals surface area contributed by atoms with Gasteiger partial charge in [-0.15, -0.1) is 11.3 Å². The number of nitrogen functional groups attached to an aromatic ring is 1. The summed E-state index contributed by atoms with van der Waals surface area (Å²) in [6.07, 6.45) is 8.38. The lowest BCUT2D eigenvalue weighted by Gasteiger charge is -2.05. The number of nitrogens with one attached hydrogen (secondary N) is 1. The minimum Gasteiger partial charge on any atom is -0.398 e. The van der Waals surface area contributed by atoms with E-state index >= 15 is 0 Å². The molecular formula is C21H18N4S. The Morgan fingerprint density at radius 3 is 2.65 bits per heavy atom. The van der Waals surface area contributed by atoms with Crippen LogP contribution < -0.4 is 11.1 Å². The zero-order valence-electron chi connectivity index (χ0n) is 14.1. The van der Waals surface area contributed by atoms with E-state index in [1.165, 1.54) is 12.8 Å². The van der Waals surface area contributed by atoms with Gasteiger partial charge in [0, 0.05) is 28.1 Å². The fraction of sp³-hybridized carbons (Fsp3) is 0.143. The smallest absolute Gasteiger partial charge is 0.147 e. The Morgan fingerprint density at radius 1 is 1.00 bits per heavy atom. The summed E-state index contributed by atoms with van der Waals surface area (Å²) in [5.74, 6) is 0.958. The molecule has 4 aromatic rings. The van der Waals surface area contributed by atoms with E-state index in [-0.39, 0.29) is 0 Å². The molecule has 5 heteroatoms. The van der Waals surface area contributed by atoms with Crippen molar-refractivity contribution in [3.8, 4) is 0 Å². The number of aromatic nitrogens is 2. The first-order valence-corrected chi connectivity index (χ1v) is 9.61. The van der Waals surface area contributed by atoms with Gasteiger partial charge in [0.2, 0.25) is 0 Å². The average molecular weight is 358 g/mol. The Hall–Kier alpha value is -2.92. The molecule has 2 aromatic carbocycles. The molecule has 128 valence electrons. The van der Waals surface area contributed by atoms with Gasteiger partial charge in [-0.05, 0) is 29.9 Å². The predicted octanol–water partition coefficient (Wildman–Crippen LogP) is 5.17. The number of anilines is 2. The van der Waals surface area contributed by atoms with Crippen LogP contribution in [0.5, 0.6) is 0 Å². The molecule has 0 bridgehead atoms. The maximum Gasteiger partial charge on any atom is 0.147 e. The lowest BCUT2D eigenvalue weighted by molar-refractivity contribution is 1.11. The molecule has 0 aliphatic heterocycles. The van der Waals surface area contributed by atoms with Gasteiger partial charge >= 0.3 is 0 Å². The zero-order chi connectivity index (χ0) is 17.5. The van der Waals surface area contributed by atoms with Crippen molar-refractivity contribution >= 4 is 56.0 Å². The van der Waals surface area contributed by atoms with Crippen LogP contribution in [0, 0.1) is 0 Å². The molecular weight excluding hydrogens is 340 g/mol.